The normalized spacial score (nSPS) is 11.6. The van der Waals surface area contributed by atoms with Gasteiger partial charge in [-0.2, -0.15) is 0 Å². The summed E-state index contributed by atoms with van der Waals surface area (Å²) in [4.78, 5) is 26.7. The summed E-state index contributed by atoms with van der Waals surface area (Å²) < 4.78 is 13.1. The Labute approximate surface area is 246 Å². The number of aryl methyl sites for hydroxylation is 2. The molecule has 0 aliphatic carbocycles. The van der Waals surface area contributed by atoms with E-state index in [0.717, 1.165) is 21.6 Å². The fraction of sp³-hybridized carbons (Fsp3) is 0.241. The smallest absolute Gasteiger partial charge is 0.341 e. The fourth-order valence-electron chi connectivity index (χ4n) is 4.17. The highest BCUT2D eigenvalue weighted by atomic mass is 35.5. The van der Waals surface area contributed by atoms with Crippen LogP contribution in [0.15, 0.2) is 66.3 Å². The molecule has 2 aromatic carbocycles. The van der Waals surface area contributed by atoms with Gasteiger partial charge in [-0.1, -0.05) is 59.8 Å². The van der Waals surface area contributed by atoms with Gasteiger partial charge in [0.25, 0.3) is 0 Å². The molecule has 0 radical (unpaired) electrons. The highest BCUT2D eigenvalue weighted by molar-refractivity contribution is 7.99. The SMILES string of the molecule is C=CCn1c(SCC(=O)Nc2sc(C)c(-c3ccccc3)c2C(=O)OC)nnc1C(C)Oc1ccc(Cl)cc1C. The van der Waals surface area contributed by atoms with Crippen LogP contribution in [0.2, 0.25) is 5.02 Å². The van der Waals surface area contributed by atoms with E-state index < -0.39 is 12.1 Å². The van der Waals surface area contributed by atoms with E-state index >= 15 is 0 Å². The lowest BCUT2D eigenvalue weighted by atomic mass is 10.0. The first-order valence-electron chi connectivity index (χ1n) is 12.4. The van der Waals surface area contributed by atoms with Crippen molar-refractivity contribution < 1.29 is 19.1 Å². The maximum Gasteiger partial charge on any atom is 0.341 e. The number of nitrogens with one attached hydrogen (secondary N) is 1. The number of hydrogen-bond acceptors (Lipinski definition) is 8. The van der Waals surface area contributed by atoms with E-state index in [1.54, 1.807) is 12.1 Å². The first-order chi connectivity index (χ1) is 19.2. The monoisotopic (exact) mass is 596 g/mol. The summed E-state index contributed by atoms with van der Waals surface area (Å²) in [7, 11) is 1.33. The van der Waals surface area contributed by atoms with Crippen molar-refractivity contribution in [1.82, 2.24) is 14.8 Å². The van der Waals surface area contributed by atoms with E-state index in [9.17, 15) is 9.59 Å². The highest BCUT2D eigenvalue weighted by Crippen LogP contribution is 2.40. The van der Waals surface area contributed by atoms with Crippen LogP contribution in [0.1, 0.15) is 39.7 Å². The number of thiophene rings is 1. The van der Waals surface area contributed by atoms with Gasteiger partial charge in [0.1, 0.15) is 16.3 Å². The van der Waals surface area contributed by atoms with Crippen molar-refractivity contribution in [3.05, 3.63) is 88.0 Å². The Morgan fingerprint density at radius 2 is 1.95 bits per heavy atom. The molecular formula is C29H29ClN4O4S2. The first-order valence-corrected chi connectivity index (χ1v) is 14.6. The van der Waals surface area contributed by atoms with E-state index in [-0.39, 0.29) is 11.7 Å². The van der Waals surface area contributed by atoms with E-state index in [4.69, 9.17) is 21.1 Å². The summed E-state index contributed by atoms with van der Waals surface area (Å²) in [6.07, 6.45) is 1.32. The molecule has 8 nitrogen and oxygen atoms in total. The van der Waals surface area contributed by atoms with Gasteiger partial charge in [-0.3, -0.25) is 9.36 Å². The molecule has 0 spiro atoms. The van der Waals surface area contributed by atoms with Crippen molar-refractivity contribution in [2.75, 3.05) is 18.2 Å². The highest BCUT2D eigenvalue weighted by Gasteiger charge is 2.26. The van der Waals surface area contributed by atoms with Crippen molar-refractivity contribution in [1.29, 1.82) is 0 Å². The zero-order valence-electron chi connectivity index (χ0n) is 22.6. The number of aromatic nitrogens is 3. The van der Waals surface area contributed by atoms with E-state index in [1.165, 1.54) is 30.2 Å². The molecule has 11 heteroatoms. The minimum Gasteiger partial charge on any atom is -0.482 e. The molecule has 0 saturated heterocycles. The van der Waals surface area contributed by atoms with Crippen LogP contribution in [-0.2, 0) is 16.1 Å². The van der Waals surface area contributed by atoms with Gasteiger partial charge in [0.05, 0.1) is 12.9 Å². The van der Waals surface area contributed by atoms with Crippen LogP contribution >= 0.6 is 34.7 Å². The molecule has 1 amide bonds. The number of ether oxygens (including phenoxy) is 2. The number of methoxy groups -OCH3 is 1. The van der Waals surface area contributed by atoms with Gasteiger partial charge in [0.15, 0.2) is 17.1 Å². The number of amides is 1. The topological polar surface area (TPSA) is 95.3 Å². The third-order valence-corrected chi connectivity index (χ3v) is 8.21. The van der Waals surface area contributed by atoms with E-state index in [2.05, 4.69) is 22.1 Å². The van der Waals surface area contributed by atoms with Crippen molar-refractivity contribution >= 4 is 51.6 Å². The summed E-state index contributed by atoms with van der Waals surface area (Å²) in [5.74, 6) is 0.560. The van der Waals surface area contributed by atoms with Crippen LogP contribution in [0.25, 0.3) is 11.1 Å². The van der Waals surface area contributed by atoms with Crippen molar-refractivity contribution in [3.63, 3.8) is 0 Å². The molecule has 1 N–H and O–H groups in total. The quantitative estimate of drug-likeness (QED) is 0.112. The number of anilines is 1. The summed E-state index contributed by atoms with van der Waals surface area (Å²) in [5.41, 5.74) is 2.88. The average molecular weight is 597 g/mol. The Morgan fingerprint density at radius 1 is 1.20 bits per heavy atom. The summed E-state index contributed by atoms with van der Waals surface area (Å²) >= 11 is 8.64. The largest absolute Gasteiger partial charge is 0.482 e. The summed E-state index contributed by atoms with van der Waals surface area (Å²) in [6, 6.07) is 15.0. The third-order valence-electron chi connectivity index (χ3n) is 5.98. The van der Waals surface area contributed by atoms with Crippen molar-refractivity contribution in [2.45, 2.75) is 38.6 Å². The van der Waals surface area contributed by atoms with Gasteiger partial charge >= 0.3 is 5.97 Å². The van der Waals surface area contributed by atoms with Crippen molar-refractivity contribution in [3.8, 4) is 16.9 Å². The Morgan fingerprint density at radius 3 is 2.62 bits per heavy atom. The van der Waals surface area contributed by atoms with Crippen LogP contribution in [0.3, 0.4) is 0 Å². The van der Waals surface area contributed by atoms with Gasteiger partial charge < -0.3 is 14.8 Å². The lowest BCUT2D eigenvalue weighted by Crippen LogP contribution is -2.17. The number of rotatable bonds is 11. The molecular weight excluding hydrogens is 568 g/mol. The molecule has 4 rings (SSSR count). The Hall–Kier alpha value is -3.60. The molecule has 4 aromatic rings. The van der Waals surface area contributed by atoms with Gasteiger partial charge in [-0.15, -0.1) is 28.1 Å². The molecule has 208 valence electrons. The number of thioether (sulfide) groups is 1. The third kappa shape index (κ3) is 6.57. The number of halogens is 1. The maximum atomic E-state index is 13.0. The average Bonchev–Trinajstić information content (AvgIpc) is 3.49. The molecule has 0 fully saturated rings. The summed E-state index contributed by atoms with van der Waals surface area (Å²) in [5, 5.41) is 13.2. The molecule has 1 atom stereocenters. The van der Waals surface area contributed by atoms with Gasteiger partial charge in [-0.05, 0) is 50.1 Å². The van der Waals surface area contributed by atoms with Crippen LogP contribution in [-0.4, -0.2) is 39.5 Å². The van der Waals surface area contributed by atoms with Gasteiger partial charge in [-0.25, -0.2) is 4.79 Å². The van der Waals surface area contributed by atoms with E-state index in [0.29, 0.717) is 38.9 Å². The minimum absolute atomic E-state index is 0.0546. The number of benzene rings is 2. The molecule has 1 unspecified atom stereocenters. The molecule has 2 aromatic heterocycles. The zero-order valence-corrected chi connectivity index (χ0v) is 25.0. The van der Waals surface area contributed by atoms with Crippen LogP contribution in [0.4, 0.5) is 5.00 Å². The number of hydrogen-bond donors (Lipinski definition) is 1. The predicted octanol–water partition coefficient (Wildman–Crippen LogP) is 7.12. The lowest BCUT2D eigenvalue weighted by Gasteiger charge is -2.17. The lowest BCUT2D eigenvalue weighted by molar-refractivity contribution is -0.113. The zero-order chi connectivity index (χ0) is 28.8. The molecule has 0 bridgehead atoms. The maximum absolute atomic E-state index is 13.0. The first kappa shape index (κ1) is 29.4. The summed E-state index contributed by atoms with van der Waals surface area (Å²) in [6.45, 7) is 10.0. The standard InChI is InChI=1S/C29H29ClN4O4S2/c1-6-14-34-26(18(3)38-22-13-12-21(30)15-17(22)2)32-33-29(34)39-16-23(35)31-27-25(28(36)37-5)24(19(4)40-27)20-10-8-7-9-11-20/h6-13,15,18H,1,14,16H2,2-5H3,(H,31,35). The van der Waals surface area contributed by atoms with Crippen LogP contribution in [0.5, 0.6) is 5.75 Å². The molecule has 2 heterocycles. The van der Waals surface area contributed by atoms with Crippen LogP contribution < -0.4 is 10.1 Å². The molecule has 40 heavy (non-hydrogen) atoms. The number of carbonyl (C=O) groups is 2. The second kappa shape index (κ2) is 13.2. The van der Waals surface area contributed by atoms with E-state index in [1.807, 2.05) is 67.8 Å². The second-order valence-corrected chi connectivity index (χ2v) is 11.4. The number of esters is 1. The Balaban J connectivity index is 1.50. The Kier molecular flexibility index (Phi) is 9.67. The van der Waals surface area contributed by atoms with Gasteiger partial charge in [0.2, 0.25) is 5.91 Å². The number of nitrogens with zero attached hydrogens (tertiary/aromatic N) is 3. The Bertz CT molecular complexity index is 1530. The molecule has 0 aliphatic heterocycles. The second-order valence-electron chi connectivity index (χ2n) is 8.84. The van der Waals surface area contributed by atoms with Crippen molar-refractivity contribution in [2.24, 2.45) is 0 Å². The number of allylic oxidation sites excluding steroid dienone is 1. The van der Waals surface area contributed by atoms with Gasteiger partial charge in [0, 0.05) is 22.0 Å². The number of carbonyl (C=O) groups excluding carboxylic acids is 2. The fourth-order valence-corrected chi connectivity index (χ4v) is 6.23. The molecule has 0 saturated carbocycles. The van der Waals surface area contributed by atoms with Crippen LogP contribution in [0, 0.1) is 13.8 Å². The molecule has 0 aliphatic rings. The predicted molar refractivity (Wildman–Crippen MR) is 161 cm³/mol. The minimum atomic E-state index is -0.508.